The van der Waals surface area contributed by atoms with E-state index in [9.17, 15) is 0 Å². The summed E-state index contributed by atoms with van der Waals surface area (Å²) < 4.78 is 16.2. The fourth-order valence-corrected chi connectivity index (χ4v) is 4.40. The Hall–Kier alpha value is -2.93. The molecule has 6 nitrogen and oxygen atoms in total. The first-order valence-corrected chi connectivity index (χ1v) is 9.72. The molecule has 0 spiro atoms. The molecule has 28 heavy (non-hydrogen) atoms. The topological polar surface area (TPSA) is 65.5 Å². The smallest absolute Gasteiger partial charge is 0.227 e. The minimum Gasteiger partial charge on any atom is -0.493 e. The number of hydrogen-bond acceptors (Lipinski definition) is 7. The third-order valence-electron chi connectivity index (χ3n) is 4.62. The van der Waals surface area contributed by atoms with Crippen molar-refractivity contribution in [2.24, 2.45) is 0 Å². The van der Waals surface area contributed by atoms with Gasteiger partial charge in [-0.3, -0.25) is 0 Å². The number of benzene rings is 2. The Morgan fingerprint density at radius 3 is 2.39 bits per heavy atom. The molecule has 1 atom stereocenters. The summed E-state index contributed by atoms with van der Waals surface area (Å²) in [5.74, 6) is 2.19. The largest absolute Gasteiger partial charge is 0.493 e. The molecule has 7 heteroatoms. The average molecular weight is 395 g/mol. The number of nitrogens with zero attached hydrogens (tertiary/aromatic N) is 2. The van der Waals surface area contributed by atoms with Crippen LogP contribution in [0, 0.1) is 0 Å². The quantitative estimate of drug-likeness (QED) is 0.646. The molecule has 1 aliphatic rings. The number of ether oxygens (including phenoxy) is 3. The van der Waals surface area contributed by atoms with Gasteiger partial charge in [-0.15, -0.1) is 11.8 Å². The van der Waals surface area contributed by atoms with E-state index in [1.165, 1.54) is 4.90 Å². The van der Waals surface area contributed by atoms with Crippen LogP contribution in [0.5, 0.6) is 17.2 Å². The van der Waals surface area contributed by atoms with Gasteiger partial charge in [-0.25, -0.2) is 9.97 Å². The molecule has 2 heterocycles. The first-order chi connectivity index (χ1) is 13.6. The predicted octanol–water partition coefficient (Wildman–Crippen LogP) is 5.08. The van der Waals surface area contributed by atoms with E-state index in [0.29, 0.717) is 28.4 Å². The monoisotopic (exact) mass is 395 g/mol. The maximum Gasteiger partial charge on any atom is 0.227 e. The Morgan fingerprint density at radius 1 is 1.00 bits per heavy atom. The van der Waals surface area contributed by atoms with Crippen molar-refractivity contribution in [3.63, 3.8) is 0 Å². The summed E-state index contributed by atoms with van der Waals surface area (Å²) in [5.41, 5.74) is 3.99. The van der Waals surface area contributed by atoms with E-state index in [1.807, 2.05) is 36.2 Å². The number of fused-ring (bicyclic) bond motifs is 3. The molecular formula is C21H21N3O3S. The molecular weight excluding hydrogens is 374 g/mol. The molecule has 144 valence electrons. The molecule has 1 aromatic heterocycles. The minimum absolute atomic E-state index is 0.306. The van der Waals surface area contributed by atoms with Crippen LogP contribution in [0.1, 0.15) is 17.7 Å². The lowest BCUT2D eigenvalue weighted by Gasteiger charge is -2.23. The molecule has 0 saturated heterocycles. The highest BCUT2D eigenvalue weighted by atomic mass is 32.2. The van der Waals surface area contributed by atoms with Gasteiger partial charge < -0.3 is 19.5 Å². The van der Waals surface area contributed by atoms with E-state index < -0.39 is 0 Å². The Labute approximate surface area is 168 Å². The van der Waals surface area contributed by atoms with Gasteiger partial charge in [0.2, 0.25) is 11.7 Å². The fraction of sp³-hybridized carbons (Fsp3) is 0.238. The Balaban J connectivity index is 1.73. The zero-order valence-electron chi connectivity index (χ0n) is 16.1. The van der Waals surface area contributed by atoms with E-state index in [-0.39, 0.29) is 0 Å². The number of hydrogen-bond donors (Lipinski definition) is 1. The first kappa shape index (κ1) is 18.4. The number of thioether (sulfide) groups is 1. The van der Waals surface area contributed by atoms with E-state index in [0.717, 1.165) is 22.5 Å². The van der Waals surface area contributed by atoms with E-state index in [2.05, 4.69) is 35.4 Å². The second kappa shape index (κ2) is 7.59. The fourth-order valence-electron chi connectivity index (χ4n) is 3.27. The summed E-state index contributed by atoms with van der Waals surface area (Å²) in [4.78, 5) is 10.6. The number of nitrogens with one attached hydrogen (secondary N) is 1. The lowest BCUT2D eigenvalue weighted by Crippen LogP contribution is -2.07. The van der Waals surface area contributed by atoms with Gasteiger partial charge in [-0.2, -0.15) is 0 Å². The van der Waals surface area contributed by atoms with Crippen molar-refractivity contribution >= 4 is 23.4 Å². The van der Waals surface area contributed by atoms with Crippen LogP contribution in [0.4, 0.5) is 11.6 Å². The summed E-state index contributed by atoms with van der Waals surface area (Å²) in [6.07, 6.45) is 1.90. The van der Waals surface area contributed by atoms with Crippen molar-refractivity contribution in [3.8, 4) is 28.5 Å². The van der Waals surface area contributed by atoms with Crippen LogP contribution in [-0.4, -0.2) is 31.3 Å². The van der Waals surface area contributed by atoms with Crippen molar-refractivity contribution in [2.45, 2.75) is 17.1 Å². The zero-order chi connectivity index (χ0) is 19.7. The minimum atomic E-state index is 0.306. The molecule has 0 saturated carbocycles. The number of methoxy groups -OCH3 is 3. The Kier molecular flexibility index (Phi) is 5.00. The second-order valence-corrected chi connectivity index (χ2v) is 7.68. The molecule has 0 aliphatic carbocycles. The summed E-state index contributed by atoms with van der Waals surface area (Å²) in [5, 5.41) is 3.56. The third-order valence-corrected chi connectivity index (χ3v) is 5.84. The number of anilines is 2. The van der Waals surface area contributed by atoms with E-state index in [1.54, 1.807) is 21.3 Å². The molecule has 4 rings (SSSR count). The van der Waals surface area contributed by atoms with Crippen molar-refractivity contribution in [1.29, 1.82) is 0 Å². The second-order valence-electron chi connectivity index (χ2n) is 6.29. The summed E-state index contributed by atoms with van der Waals surface area (Å²) in [6.45, 7) is 2.18. The van der Waals surface area contributed by atoms with Crippen molar-refractivity contribution in [2.75, 3.05) is 26.6 Å². The highest BCUT2D eigenvalue weighted by Crippen LogP contribution is 2.48. The first-order valence-electron chi connectivity index (χ1n) is 8.84. The normalized spacial score (nSPS) is 14.6. The summed E-state index contributed by atoms with van der Waals surface area (Å²) in [7, 11) is 4.76. The van der Waals surface area contributed by atoms with Crippen molar-refractivity contribution in [1.82, 2.24) is 9.97 Å². The molecule has 0 bridgehead atoms. The van der Waals surface area contributed by atoms with Crippen LogP contribution >= 0.6 is 11.8 Å². The van der Waals surface area contributed by atoms with Crippen LogP contribution in [0.25, 0.3) is 11.3 Å². The molecule has 0 radical (unpaired) electrons. The summed E-state index contributed by atoms with van der Waals surface area (Å²) >= 11 is 1.83. The van der Waals surface area contributed by atoms with Gasteiger partial charge in [0.15, 0.2) is 11.5 Å². The standard InChI is InChI=1S/C21H21N3O3S/c1-12-15-11-22-21(24-19(15)14-7-5-6-8-18(14)28-12)23-13-9-16(25-2)20(27-4)17(10-13)26-3/h5-12H,1-4H3,(H,22,23,24). The van der Waals surface area contributed by atoms with E-state index >= 15 is 0 Å². The molecule has 0 fully saturated rings. The maximum atomic E-state index is 5.42. The molecule has 2 aromatic carbocycles. The zero-order valence-corrected chi connectivity index (χ0v) is 17.0. The Morgan fingerprint density at radius 2 is 1.71 bits per heavy atom. The number of aromatic nitrogens is 2. The van der Waals surface area contributed by atoms with Gasteiger partial charge in [0, 0.05) is 45.3 Å². The van der Waals surface area contributed by atoms with Gasteiger partial charge in [0.05, 0.1) is 27.0 Å². The average Bonchev–Trinajstić information content (AvgIpc) is 2.73. The van der Waals surface area contributed by atoms with Gasteiger partial charge in [0.25, 0.3) is 0 Å². The van der Waals surface area contributed by atoms with Crippen molar-refractivity contribution < 1.29 is 14.2 Å². The summed E-state index contributed by atoms with van der Waals surface area (Å²) in [6, 6.07) is 12.0. The van der Waals surface area contributed by atoms with E-state index in [4.69, 9.17) is 19.2 Å². The predicted molar refractivity (Wildman–Crippen MR) is 111 cm³/mol. The molecule has 1 N–H and O–H groups in total. The SMILES string of the molecule is COc1cc(Nc2ncc3c(n2)-c2ccccc2SC3C)cc(OC)c1OC. The van der Waals surface area contributed by atoms with Crippen LogP contribution in [0.2, 0.25) is 0 Å². The van der Waals surface area contributed by atoms with Crippen LogP contribution in [0.3, 0.4) is 0 Å². The van der Waals surface area contributed by atoms with Gasteiger partial charge in [-0.05, 0) is 13.0 Å². The number of rotatable bonds is 5. The molecule has 1 aliphatic heterocycles. The van der Waals surface area contributed by atoms with Gasteiger partial charge in [-0.1, -0.05) is 18.2 Å². The highest BCUT2D eigenvalue weighted by molar-refractivity contribution is 7.99. The highest BCUT2D eigenvalue weighted by Gasteiger charge is 2.24. The van der Waals surface area contributed by atoms with Gasteiger partial charge >= 0.3 is 0 Å². The molecule has 3 aromatic rings. The maximum absolute atomic E-state index is 5.42. The lowest BCUT2D eigenvalue weighted by molar-refractivity contribution is 0.324. The van der Waals surface area contributed by atoms with Crippen LogP contribution < -0.4 is 19.5 Å². The van der Waals surface area contributed by atoms with Crippen LogP contribution in [-0.2, 0) is 0 Å². The third kappa shape index (κ3) is 3.22. The molecule has 1 unspecified atom stereocenters. The Bertz CT molecular complexity index is 1000. The molecule has 0 amide bonds. The van der Waals surface area contributed by atoms with Crippen LogP contribution in [0.15, 0.2) is 47.5 Å². The lowest BCUT2D eigenvalue weighted by atomic mass is 10.0. The van der Waals surface area contributed by atoms with Gasteiger partial charge in [0.1, 0.15) is 0 Å². The van der Waals surface area contributed by atoms with Crippen molar-refractivity contribution in [3.05, 3.63) is 48.2 Å².